The second kappa shape index (κ2) is 9.68. The van der Waals surface area contributed by atoms with Gasteiger partial charge in [-0.15, -0.1) is 11.3 Å². The van der Waals surface area contributed by atoms with Crippen LogP contribution >= 0.6 is 23.1 Å². The molecule has 0 fully saturated rings. The molecule has 7 heteroatoms. The highest BCUT2D eigenvalue weighted by Crippen LogP contribution is 2.30. The van der Waals surface area contributed by atoms with E-state index in [1.54, 1.807) is 37.3 Å². The predicted molar refractivity (Wildman–Crippen MR) is 103 cm³/mol. The zero-order valence-electron chi connectivity index (χ0n) is 15.0. The number of carbonyl (C=O) groups excluding carboxylic acids is 1. The average molecular weight is 381 g/mol. The first kappa shape index (κ1) is 19.6. The van der Waals surface area contributed by atoms with Gasteiger partial charge in [-0.25, -0.2) is 4.98 Å². The van der Waals surface area contributed by atoms with Crippen LogP contribution in [0.3, 0.4) is 0 Å². The van der Waals surface area contributed by atoms with Gasteiger partial charge in [0.15, 0.2) is 0 Å². The van der Waals surface area contributed by atoms with Crippen LogP contribution in [-0.4, -0.2) is 31.2 Å². The van der Waals surface area contributed by atoms with Gasteiger partial charge in [0.25, 0.3) is 0 Å². The van der Waals surface area contributed by atoms with Crippen LogP contribution in [-0.2, 0) is 17.0 Å². The lowest BCUT2D eigenvalue weighted by molar-refractivity contribution is -0.121. The minimum absolute atomic E-state index is 0.0220. The standard InChI is InChI=1S/C18H24N2O3S2/c1-5-12(2)19-17(21)8-14-11-25-18(20-14)24-10-13-6-15(22-3)9-16(7-13)23-4/h6-7,9,11-12H,5,8,10H2,1-4H3,(H,19,21)/t12-/m0/s1. The molecule has 1 aromatic carbocycles. The van der Waals surface area contributed by atoms with Crippen LogP contribution < -0.4 is 14.8 Å². The van der Waals surface area contributed by atoms with Crippen LogP contribution in [0.15, 0.2) is 27.9 Å². The van der Waals surface area contributed by atoms with Gasteiger partial charge in [0, 0.05) is 23.2 Å². The van der Waals surface area contributed by atoms with E-state index in [-0.39, 0.29) is 11.9 Å². The molecule has 1 aromatic heterocycles. The fourth-order valence-corrected chi connectivity index (χ4v) is 3.90. The number of thiazole rings is 1. The molecule has 25 heavy (non-hydrogen) atoms. The van der Waals surface area contributed by atoms with Crippen molar-refractivity contribution in [3.63, 3.8) is 0 Å². The molecule has 1 N–H and O–H groups in total. The van der Waals surface area contributed by atoms with Gasteiger partial charge in [0.05, 0.1) is 26.3 Å². The fourth-order valence-electron chi connectivity index (χ4n) is 2.12. The molecule has 1 atom stereocenters. The maximum absolute atomic E-state index is 11.9. The van der Waals surface area contributed by atoms with E-state index in [1.165, 1.54) is 0 Å². The molecule has 0 bridgehead atoms. The van der Waals surface area contributed by atoms with Gasteiger partial charge in [-0.2, -0.15) is 0 Å². The Hall–Kier alpha value is -1.73. The van der Waals surface area contributed by atoms with Crippen molar-refractivity contribution in [2.45, 2.75) is 42.8 Å². The number of rotatable bonds is 9. The number of carbonyl (C=O) groups is 1. The number of hydrogen-bond acceptors (Lipinski definition) is 6. The van der Waals surface area contributed by atoms with E-state index < -0.39 is 0 Å². The van der Waals surface area contributed by atoms with Crippen LogP contribution in [0.5, 0.6) is 11.5 Å². The Morgan fingerprint density at radius 1 is 1.28 bits per heavy atom. The van der Waals surface area contributed by atoms with Crippen LogP contribution in [0, 0.1) is 0 Å². The number of nitrogens with one attached hydrogen (secondary N) is 1. The first-order valence-electron chi connectivity index (χ1n) is 8.12. The van der Waals surface area contributed by atoms with E-state index in [9.17, 15) is 4.79 Å². The number of methoxy groups -OCH3 is 2. The number of nitrogens with zero attached hydrogens (tertiary/aromatic N) is 1. The summed E-state index contributed by atoms with van der Waals surface area (Å²) >= 11 is 3.21. The van der Waals surface area contributed by atoms with E-state index in [0.717, 1.165) is 39.3 Å². The molecule has 1 amide bonds. The SMILES string of the molecule is CC[C@H](C)NC(=O)Cc1csc(SCc2cc(OC)cc(OC)c2)n1. The smallest absolute Gasteiger partial charge is 0.226 e. The van der Waals surface area contributed by atoms with Crippen molar-refractivity contribution in [1.82, 2.24) is 10.3 Å². The Kier molecular flexibility index (Phi) is 7.58. The van der Waals surface area contributed by atoms with Crippen molar-refractivity contribution in [2.75, 3.05) is 14.2 Å². The highest BCUT2D eigenvalue weighted by molar-refractivity contribution is 8.00. The molecule has 0 radical (unpaired) electrons. The molecule has 2 aromatic rings. The summed E-state index contributed by atoms with van der Waals surface area (Å²) in [7, 11) is 3.28. The van der Waals surface area contributed by atoms with Gasteiger partial charge in [-0.3, -0.25) is 4.79 Å². The number of ether oxygens (including phenoxy) is 2. The van der Waals surface area contributed by atoms with Crippen LogP contribution in [0.1, 0.15) is 31.5 Å². The minimum Gasteiger partial charge on any atom is -0.497 e. The Morgan fingerprint density at radius 2 is 1.96 bits per heavy atom. The van der Waals surface area contributed by atoms with Gasteiger partial charge >= 0.3 is 0 Å². The predicted octanol–water partition coefficient (Wildman–Crippen LogP) is 3.91. The Morgan fingerprint density at radius 3 is 2.56 bits per heavy atom. The van der Waals surface area contributed by atoms with Gasteiger partial charge in [0.1, 0.15) is 15.8 Å². The number of aromatic nitrogens is 1. The molecule has 0 unspecified atom stereocenters. The monoisotopic (exact) mass is 380 g/mol. The molecule has 0 aliphatic carbocycles. The van der Waals surface area contributed by atoms with Crippen molar-refractivity contribution in [3.05, 3.63) is 34.8 Å². The molecule has 5 nitrogen and oxygen atoms in total. The Labute approximate surface area is 157 Å². The molecule has 0 saturated carbocycles. The molecule has 0 saturated heterocycles. The summed E-state index contributed by atoms with van der Waals surface area (Å²) in [5.74, 6) is 2.33. The quantitative estimate of drug-likeness (QED) is 0.668. The minimum atomic E-state index is 0.0220. The maximum atomic E-state index is 11.9. The van der Waals surface area contributed by atoms with Crippen LogP contribution in [0.2, 0.25) is 0 Å². The second-order valence-electron chi connectivity index (χ2n) is 5.67. The average Bonchev–Trinajstić information content (AvgIpc) is 3.06. The zero-order valence-corrected chi connectivity index (χ0v) is 16.6. The highest BCUT2D eigenvalue weighted by Gasteiger charge is 2.10. The van der Waals surface area contributed by atoms with E-state index in [2.05, 4.69) is 17.2 Å². The summed E-state index contributed by atoms with van der Waals surface area (Å²) in [6, 6.07) is 6.03. The van der Waals surface area contributed by atoms with Gasteiger partial charge < -0.3 is 14.8 Å². The third-order valence-corrected chi connectivity index (χ3v) is 5.81. The summed E-state index contributed by atoms with van der Waals surface area (Å²) in [4.78, 5) is 16.5. The van der Waals surface area contributed by atoms with Gasteiger partial charge in [-0.1, -0.05) is 18.7 Å². The lowest BCUT2D eigenvalue weighted by Crippen LogP contribution is -2.33. The molecule has 1 heterocycles. The Bertz CT molecular complexity index is 681. The fraction of sp³-hybridized carbons (Fsp3) is 0.444. The number of thioether (sulfide) groups is 1. The maximum Gasteiger partial charge on any atom is 0.226 e. The van der Waals surface area contributed by atoms with E-state index in [4.69, 9.17) is 9.47 Å². The lowest BCUT2D eigenvalue weighted by atomic mass is 10.2. The highest BCUT2D eigenvalue weighted by atomic mass is 32.2. The molecule has 136 valence electrons. The summed E-state index contributed by atoms with van der Waals surface area (Å²) in [5.41, 5.74) is 1.92. The molecule has 2 rings (SSSR count). The number of benzene rings is 1. The van der Waals surface area contributed by atoms with Crippen molar-refractivity contribution in [3.8, 4) is 11.5 Å². The number of amides is 1. The van der Waals surface area contributed by atoms with Crippen molar-refractivity contribution >= 4 is 29.0 Å². The third kappa shape index (κ3) is 6.25. The summed E-state index contributed by atoms with van der Waals surface area (Å²) in [5, 5.41) is 4.91. The summed E-state index contributed by atoms with van der Waals surface area (Å²) < 4.78 is 11.5. The molecular formula is C18H24N2O3S2. The molecular weight excluding hydrogens is 356 g/mol. The van der Waals surface area contributed by atoms with Crippen molar-refractivity contribution < 1.29 is 14.3 Å². The molecule has 0 spiro atoms. The largest absolute Gasteiger partial charge is 0.497 e. The van der Waals surface area contributed by atoms with Crippen LogP contribution in [0.4, 0.5) is 0 Å². The Balaban J connectivity index is 1.92. The van der Waals surface area contributed by atoms with E-state index >= 15 is 0 Å². The summed E-state index contributed by atoms with van der Waals surface area (Å²) in [6.45, 7) is 4.05. The van der Waals surface area contributed by atoms with E-state index in [1.807, 2.05) is 30.5 Å². The van der Waals surface area contributed by atoms with E-state index in [0.29, 0.717) is 6.42 Å². The first-order chi connectivity index (χ1) is 12.0. The first-order valence-corrected chi connectivity index (χ1v) is 9.99. The molecule has 0 aliphatic rings. The third-order valence-electron chi connectivity index (χ3n) is 3.67. The topological polar surface area (TPSA) is 60.5 Å². The van der Waals surface area contributed by atoms with Crippen molar-refractivity contribution in [1.29, 1.82) is 0 Å². The summed E-state index contributed by atoms with van der Waals surface area (Å²) in [6.07, 6.45) is 1.25. The second-order valence-corrected chi connectivity index (χ2v) is 7.75. The normalized spacial score (nSPS) is 11.8. The van der Waals surface area contributed by atoms with Gasteiger partial charge in [0.2, 0.25) is 5.91 Å². The molecule has 0 aliphatic heterocycles. The lowest BCUT2D eigenvalue weighted by Gasteiger charge is -2.10. The van der Waals surface area contributed by atoms with Crippen LogP contribution in [0.25, 0.3) is 0 Å². The van der Waals surface area contributed by atoms with Crippen molar-refractivity contribution in [2.24, 2.45) is 0 Å². The zero-order chi connectivity index (χ0) is 18.2. The number of hydrogen-bond donors (Lipinski definition) is 1. The van der Waals surface area contributed by atoms with Gasteiger partial charge in [-0.05, 0) is 31.0 Å².